The van der Waals surface area contributed by atoms with Crippen LogP contribution in [0.5, 0.6) is 0 Å². The minimum absolute atomic E-state index is 0.0625. The highest BCUT2D eigenvalue weighted by molar-refractivity contribution is 7.09. The van der Waals surface area contributed by atoms with Gasteiger partial charge in [0.25, 0.3) is 5.91 Å². The van der Waals surface area contributed by atoms with Gasteiger partial charge in [0.2, 0.25) is 11.8 Å². The number of esters is 1. The van der Waals surface area contributed by atoms with Crippen molar-refractivity contribution in [3.05, 3.63) is 52.0 Å². The van der Waals surface area contributed by atoms with E-state index in [-0.39, 0.29) is 48.2 Å². The van der Waals surface area contributed by atoms with Crippen molar-refractivity contribution in [2.24, 2.45) is 17.8 Å². The van der Waals surface area contributed by atoms with Crippen molar-refractivity contribution in [1.29, 1.82) is 0 Å². The third kappa shape index (κ3) is 12.2. The van der Waals surface area contributed by atoms with Crippen molar-refractivity contribution in [3.63, 3.8) is 0 Å². The Balaban J connectivity index is 1.76. The zero-order chi connectivity index (χ0) is 37.0. The molecule has 0 saturated carbocycles. The van der Waals surface area contributed by atoms with Crippen LogP contribution in [-0.2, 0) is 30.3 Å². The van der Waals surface area contributed by atoms with E-state index in [9.17, 15) is 29.1 Å². The molecule has 7 atom stereocenters. The number of likely N-dealkylation sites (tertiary alicyclic amines) is 1. The molecule has 1 fully saturated rings. The van der Waals surface area contributed by atoms with Gasteiger partial charge in [-0.1, -0.05) is 77.8 Å². The Morgan fingerprint density at radius 3 is 2.32 bits per heavy atom. The summed E-state index contributed by atoms with van der Waals surface area (Å²) in [5.74, 6) is -3.24. The Kier molecular flexibility index (Phi) is 15.8. The second-order valence-electron chi connectivity index (χ2n) is 14.0. The number of nitrogens with zero attached hydrogens (tertiary/aromatic N) is 2. The van der Waals surface area contributed by atoms with E-state index < -0.39 is 48.0 Å². The number of hydrogen-bond acceptors (Lipinski definition) is 9. The van der Waals surface area contributed by atoms with Crippen LogP contribution in [0.2, 0.25) is 0 Å². The molecule has 0 unspecified atom stereocenters. The largest absolute Gasteiger partial charge is 0.481 e. The third-order valence-electron chi connectivity index (χ3n) is 9.52. The minimum atomic E-state index is -0.945. The van der Waals surface area contributed by atoms with E-state index in [0.717, 1.165) is 31.4 Å². The molecule has 1 aromatic carbocycles. The van der Waals surface area contributed by atoms with Crippen molar-refractivity contribution < 1.29 is 33.8 Å². The molecule has 1 aliphatic heterocycles. The van der Waals surface area contributed by atoms with Gasteiger partial charge in [-0.15, -0.1) is 11.3 Å². The van der Waals surface area contributed by atoms with Crippen LogP contribution in [-0.4, -0.2) is 82.4 Å². The van der Waals surface area contributed by atoms with Gasteiger partial charge >= 0.3 is 11.9 Å². The van der Waals surface area contributed by atoms with Crippen LogP contribution in [0.3, 0.4) is 0 Å². The van der Waals surface area contributed by atoms with Gasteiger partial charge in [-0.25, -0.2) is 4.98 Å². The van der Waals surface area contributed by atoms with Crippen molar-refractivity contribution in [2.45, 2.75) is 117 Å². The molecule has 0 bridgehead atoms. The SMILES string of the molecule is CC[C@H](C)[C@H](NC(=O)[C@H]1CCCCN1C)C(=O)N[C@@H](C[C@@H](OC(C)=O)c1nc(C(=O)N[C@@H](Cc2ccccc2)C[C@@H](C)C(=O)O)cs1)C(C)C. The van der Waals surface area contributed by atoms with E-state index in [2.05, 4.69) is 20.9 Å². The molecule has 1 saturated heterocycles. The fraction of sp³-hybridized carbons (Fsp3) is 0.622. The second-order valence-corrected chi connectivity index (χ2v) is 14.9. The fourth-order valence-electron chi connectivity index (χ4n) is 6.18. The van der Waals surface area contributed by atoms with Crippen molar-refractivity contribution in [2.75, 3.05) is 13.6 Å². The van der Waals surface area contributed by atoms with E-state index in [1.54, 1.807) is 12.3 Å². The summed E-state index contributed by atoms with van der Waals surface area (Å²) in [5.41, 5.74) is 1.09. The predicted molar refractivity (Wildman–Crippen MR) is 192 cm³/mol. The van der Waals surface area contributed by atoms with E-state index in [1.165, 1.54) is 18.3 Å². The van der Waals surface area contributed by atoms with Gasteiger partial charge in [0.05, 0.1) is 12.0 Å². The summed E-state index contributed by atoms with van der Waals surface area (Å²) in [6.45, 7) is 11.6. The molecule has 50 heavy (non-hydrogen) atoms. The van der Waals surface area contributed by atoms with Crippen molar-refractivity contribution in [3.8, 4) is 0 Å². The molecule has 4 N–H and O–H groups in total. The van der Waals surface area contributed by atoms with Crippen LogP contribution >= 0.6 is 11.3 Å². The minimum Gasteiger partial charge on any atom is -0.481 e. The molecule has 12 nitrogen and oxygen atoms in total. The lowest BCUT2D eigenvalue weighted by atomic mass is 9.94. The Labute approximate surface area is 300 Å². The molecule has 0 spiro atoms. The second kappa shape index (κ2) is 19.5. The highest BCUT2D eigenvalue weighted by Gasteiger charge is 2.34. The van der Waals surface area contributed by atoms with E-state index in [1.807, 2.05) is 70.0 Å². The van der Waals surface area contributed by atoms with Gasteiger partial charge in [0, 0.05) is 30.8 Å². The molecule has 3 amide bonds. The number of hydrogen-bond donors (Lipinski definition) is 4. The average molecular weight is 714 g/mol. The number of aromatic nitrogens is 1. The molecule has 3 rings (SSSR count). The number of nitrogens with one attached hydrogen (secondary N) is 3. The number of ether oxygens (including phenoxy) is 1. The van der Waals surface area contributed by atoms with Crippen molar-refractivity contribution in [1.82, 2.24) is 25.8 Å². The average Bonchev–Trinajstić information content (AvgIpc) is 3.57. The van der Waals surface area contributed by atoms with Gasteiger partial charge in [-0.2, -0.15) is 0 Å². The number of rotatable bonds is 18. The molecule has 2 aromatic rings. The summed E-state index contributed by atoms with van der Waals surface area (Å²) in [6.07, 6.45) is 3.49. The number of likely N-dealkylation sites (N-methyl/N-ethyl adjacent to an activating group) is 1. The van der Waals surface area contributed by atoms with E-state index >= 15 is 0 Å². The summed E-state index contributed by atoms with van der Waals surface area (Å²) < 4.78 is 5.70. The van der Waals surface area contributed by atoms with Crippen LogP contribution < -0.4 is 16.0 Å². The molecule has 1 aromatic heterocycles. The fourth-order valence-corrected chi connectivity index (χ4v) is 7.02. The lowest BCUT2D eigenvalue weighted by molar-refractivity contribution is -0.147. The Morgan fingerprint density at radius 2 is 1.72 bits per heavy atom. The number of amides is 3. The van der Waals surface area contributed by atoms with Gasteiger partial charge in [-0.3, -0.25) is 28.9 Å². The standard InChI is InChI=1S/C37H55N5O7S/c1-8-23(4)32(41-34(45)30-16-12-13-17-42(30)7)35(46)39-28(22(2)3)20-31(49-25(6)43)36-40-29(21-50-36)33(44)38-27(18-24(5)37(47)48)19-26-14-10-9-11-15-26/h9-11,14-15,21-24,27-28,30-32H,8,12-13,16-20H2,1-7H3,(H,38,44)(H,39,46)(H,41,45)(H,47,48)/t23-,24+,27+,28-,30+,31+,32-/m0/s1. The first-order chi connectivity index (χ1) is 23.7. The molecule has 0 radical (unpaired) electrons. The topological polar surface area (TPSA) is 167 Å². The lowest BCUT2D eigenvalue weighted by Crippen LogP contribution is -2.57. The number of carbonyl (C=O) groups is 5. The monoisotopic (exact) mass is 713 g/mol. The quantitative estimate of drug-likeness (QED) is 0.160. The zero-order valence-corrected chi connectivity index (χ0v) is 31.3. The number of carbonyl (C=O) groups excluding carboxylic acids is 4. The number of aliphatic carboxylic acids is 1. The normalized spacial score (nSPS) is 18.6. The Bertz CT molecular complexity index is 1430. The smallest absolute Gasteiger partial charge is 0.306 e. The zero-order valence-electron chi connectivity index (χ0n) is 30.4. The molecular weight excluding hydrogens is 659 g/mol. The first kappa shape index (κ1) is 40.6. The highest BCUT2D eigenvalue weighted by Crippen LogP contribution is 2.29. The van der Waals surface area contributed by atoms with Crippen LogP contribution in [0.25, 0.3) is 0 Å². The number of thiazole rings is 1. The number of benzene rings is 1. The van der Waals surface area contributed by atoms with Crippen LogP contribution in [0.4, 0.5) is 0 Å². The third-order valence-corrected chi connectivity index (χ3v) is 10.5. The summed E-state index contributed by atoms with van der Waals surface area (Å²) in [4.78, 5) is 70.9. The summed E-state index contributed by atoms with van der Waals surface area (Å²) in [7, 11) is 1.93. The van der Waals surface area contributed by atoms with Gasteiger partial charge in [0.15, 0.2) is 6.10 Å². The predicted octanol–water partition coefficient (Wildman–Crippen LogP) is 4.75. The maximum Gasteiger partial charge on any atom is 0.306 e. The van der Waals surface area contributed by atoms with Crippen LogP contribution in [0, 0.1) is 17.8 Å². The maximum atomic E-state index is 13.8. The Morgan fingerprint density at radius 1 is 1.02 bits per heavy atom. The molecule has 2 heterocycles. The van der Waals surface area contributed by atoms with Gasteiger partial charge < -0.3 is 25.8 Å². The van der Waals surface area contributed by atoms with Crippen LogP contribution in [0.15, 0.2) is 35.7 Å². The molecular formula is C37H55N5O7S. The highest BCUT2D eigenvalue weighted by atomic mass is 32.1. The molecule has 0 aliphatic carbocycles. The molecule has 276 valence electrons. The summed E-state index contributed by atoms with van der Waals surface area (Å²) in [6, 6.07) is 7.61. The molecule has 1 aliphatic rings. The summed E-state index contributed by atoms with van der Waals surface area (Å²) >= 11 is 1.17. The van der Waals surface area contributed by atoms with E-state index in [0.29, 0.717) is 17.8 Å². The van der Waals surface area contributed by atoms with Crippen molar-refractivity contribution >= 4 is 41.0 Å². The van der Waals surface area contributed by atoms with Crippen LogP contribution in [0.1, 0.15) is 107 Å². The first-order valence-electron chi connectivity index (χ1n) is 17.7. The Hall–Kier alpha value is -3.84. The van der Waals surface area contributed by atoms with Gasteiger partial charge in [-0.05, 0) is 56.7 Å². The number of carboxylic acid groups (broad SMARTS) is 1. The lowest BCUT2D eigenvalue weighted by Gasteiger charge is -2.34. The number of piperidine rings is 1. The summed E-state index contributed by atoms with van der Waals surface area (Å²) in [5, 5.41) is 20.6. The molecule has 13 heteroatoms. The van der Waals surface area contributed by atoms with Gasteiger partial charge in [0.1, 0.15) is 16.7 Å². The van der Waals surface area contributed by atoms with E-state index in [4.69, 9.17) is 4.74 Å². The number of carboxylic acids is 1. The maximum absolute atomic E-state index is 13.8. The first-order valence-corrected chi connectivity index (χ1v) is 18.6.